The van der Waals surface area contributed by atoms with Crippen molar-refractivity contribution in [3.05, 3.63) is 78.4 Å². The minimum absolute atomic E-state index is 0. The molecule has 0 aliphatic heterocycles. The van der Waals surface area contributed by atoms with Gasteiger partial charge in [0.05, 0.1) is 16.8 Å². The molecule has 2 aromatic heterocycles. The van der Waals surface area contributed by atoms with Crippen LogP contribution in [0.3, 0.4) is 0 Å². The van der Waals surface area contributed by atoms with Crippen molar-refractivity contribution in [3.8, 4) is 22.9 Å². The number of phenols is 2. The van der Waals surface area contributed by atoms with Gasteiger partial charge in [-0.25, -0.2) is 9.36 Å². The van der Waals surface area contributed by atoms with Crippen molar-refractivity contribution in [1.82, 2.24) is 19.6 Å². The number of hydrogen-bond donors (Lipinski definition) is 2. The summed E-state index contributed by atoms with van der Waals surface area (Å²) in [4.78, 5) is 1.05. The number of aromatic hydroxyl groups is 2. The molecule has 0 spiro atoms. The van der Waals surface area contributed by atoms with Crippen LogP contribution >= 0.6 is 11.8 Å². The van der Waals surface area contributed by atoms with E-state index in [9.17, 15) is 10.2 Å². The molecule has 0 saturated carbocycles. The second-order valence-electron chi connectivity index (χ2n) is 7.26. The summed E-state index contributed by atoms with van der Waals surface area (Å²) in [7, 11) is 0. The van der Waals surface area contributed by atoms with Crippen molar-refractivity contribution in [2.24, 2.45) is 0 Å². The monoisotopic (exact) mass is 601 g/mol. The minimum atomic E-state index is -0.465. The molecule has 2 heterocycles. The molecule has 0 unspecified atom stereocenters. The van der Waals surface area contributed by atoms with Crippen LogP contribution in [0.15, 0.2) is 71.9 Å². The first-order valence-electron chi connectivity index (χ1n) is 9.18. The van der Waals surface area contributed by atoms with E-state index in [2.05, 4.69) is 18.9 Å². The fourth-order valence-corrected chi connectivity index (χ4v) is 3.62. The van der Waals surface area contributed by atoms with E-state index in [1.165, 1.54) is 0 Å². The molecule has 0 aliphatic rings. The second-order valence-corrected chi connectivity index (χ2v) is 8.14. The van der Waals surface area contributed by atoms with E-state index in [0.29, 0.717) is 11.4 Å². The Morgan fingerprint density at radius 3 is 1.97 bits per heavy atom. The maximum Gasteiger partial charge on any atom is 0.141 e. The van der Waals surface area contributed by atoms with Crippen LogP contribution in [0, 0.1) is 0 Å². The first-order chi connectivity index (χ1) is 13.9. The first-order valence-corrected chi connectivity index (χ1v) is 10.4. The third-order valence-electron chi connectivity index (χ3n) is 5.02. The minimum Gasteiger partial charge on any atom is -0.506 e. The van der Waals surface area contributed by atoms with E-state index in [4.69, 9.17) is 5.10 Å². The zero-order valence-corrected chi connectivity index (χ0v) is 19.8. The number of rotatable bonds is 5. The van der Waals surface area contributed by atoms with Gasteiger partial charge in [-0.05, 0) is 62.6 Å². The Bertz CT molecular complexity index is 1170. The average molecular weight is 602 g/mol. The third-order valence-corrected chi connectivity index (χ3v) is 5.74. The van der Waals surface area contributed by atoms with E-state index in [1.54, 1.807) is 39.3 Å². The van der Waals surface area contributed by atoms with Crippen molar-refractivity contribution < 1.29 is 31.3 Å². The summed E-state index contributed by atoms with van der Waals surface area (Å²) < 4.78 is 3.35. The van der Waals surface area contributed by atoms with Crippen LogP contribution in [0.1, 0.15) is 25.2 Å². The Kier molecular flexibility index (Phi) is 6.44. The molecule has 0 fully saturated rings. The number of para-hydroxylation sites is 2. The second kappa shape index (κ2) is 8.70. The molecule has 8 heteroatoms. The zero-order valence-electron chi connectivity index (χ0n) is 16.8. The predicted octanol–water partition coefficient (Wildman–Crippen LogP) is 4.51. The Balaban J connectivity index is 0.00000256. The van der Waals surface area contributed by atoms with Crippen LogP contribution in [0.25, 0.3) is 11.4 Å². The van der Waals surface area contributed by atoms with Gasteiger partial charge in [0.2, 0.25) is 0 Å². The van der Waals surface area contributed by atoms with E-state index in [0.717, 1.165) is 16.3 Å². The Morgan fingerprint density at radius 2 is 1.37 bits per heavy atom. The number of benzene rings is 2. The predicted molar refractivity (Wildman–Crippen MR) is 114 cm³/mol. The van der Waals surface area contributed by atoms with Gasteiger partial charge in [0, 0.05) is 38.4 Å². The summed E-state index contributed by atoms with van der Waals surface area (Å²) in [6, 6.07) is 16.4. The molecule has 0 bridgehead atoms. The van der Waals surface area contributed by atoms with E-state index in [-0.39, 0.29) is 32.6 Å². The van der Waals surface area contributed by atoms with Crippen molar-refractivity contribution in [2.45, 2.75) is 24.2 Å². The van der Waals surface area contributed by atoms with Crippen LogP contribution in [0.2, 0.25) is 0 Å². The molecule has 158 valence electrons. The molecule has 0 aliphatic carbocycles. The van der Waals surface area contributed by atoms with Gasteiger partial charge in [-0.2, -0.15) is 10.2 Å². The SMILES string of the molecule is CSc1ccc(O)c(-n2ccc(C(C)(C)c3ccn(-c4ccccc4O)n3)n2)c1.[Pt]. The number of phenolic OH excluding ortho intramolecular Hbond substituents is 2. The van der Waals surface area contributed by atoms with Crippen molar-refractivity contribution in [1.29, 1.82) is 0 Å². The molecule has 0 saturated heterocycles. The van der Waals surface area contributed by atoms with Crippen molar-refractivity contribution in [2.75, 3.05) is 6.26 Å². The normalized spacial score (nSPS) is 11.3. The zero-order chi connectivity index (χ0) is 20.6. The van der Waals surface area contributed by atoms with Crippen LogP contribution in [0.5, 0.6) is 11.5 Å². The average Bonchev–Trinajstić information content (AvgIpc) is 3.39. The van der Waals surface area contributed by atoms with Crippen LogP contribution in [-0.2, 0) is 26.5 Å². The maximum absolute atomic E-state index is 10.3. The van der Waals surface area contributed by atoms with Crippen molar-refractivity contribution >= 4 is 11.8 Å². The molecule has 30 heavy (non-hydrogen) atoms. The molecule has 6 nitrogen and oxygen atoms in total. The van der Waals surface area contributed by atoms with E-state index >= 15 is 0 Å². The number of thioether (sulfide) groups is 1. The third kappa shape index (κ3) is 4.05. The quantitative estimate of drug-likeness (QED) is 0.330. The topological polar surface area (TPSA) is 76.1 Å². The summed E-state index contributed by atoms with van der Waals surface area (Å²) >= 11 is 1.61. The summed E-state index contributed by atoms with van der Waals surface area (Å²) in [5.41, 5.74) is 2.45. The van der Waals surface area contributed by atoms with Gasteiger partial charge in [-0.15, -0.1) is 11.8 Å². The Hall–Kier alpha value is -2.50. The fraction of sp³-hybridized carbons (Fsp3) is 0.182. The van der Waals surface area contributed by atoms with Crippen LogP contribution in [0.4, 0.5) is 0 Å². The molecule has 0 atom stereocenters. The smallest absolute Gasteiger partial charge is 0.141 e. The van der Waals surface area contributed by atoms with Crippen molar-refractivity contribution in [3.63, 3.8) is 0 Å². The standard InChI is InChI=1S/C22H22N4O2S.Pt/c1-22(2,20-10-12-25(23-20)16-6-4-5-7-18(16)27)21-11-13-26(24-21)17-14-15(29-3)8-9-19(17)28;/h4-14,27-28H,1-3H3;. The first kappa shape index (κ1) is 22.2. The molecular formula is C22H22N4O2PtS. The molecular weight excluding hydrogens is 579 g/mol. The summed E-state index contributed by atoms with van der Waals surface area (Å²) in [5.74, 6) is 0.354. The van der Waals surface area contributed by atoms with Gasteiger partial charge in [-0.1, -0.05) is 12.1 Å². The van der Waals surface area contributed by atoms with Gasteiger partial charge in [-0.3, -0.25) is 0 Å². The van der Waals surface area contributed by atoms with Crippen LogP contribution in [-0.4, -0.2) is 36.0 Å². The summed E-state index contributed by atoms with van der Waals surface area (Å²) in [6.07, 6.45) is 5.67. The summed E-state index contributed by atoms with van der Waals surface area (Å²) in [6.45, 7) is 4.10. The summed E-state index contributed by atoms with van der Waals surface area (Å²) in [5, 5.41) is 29.7. The van der Waals surface area contributed by atoms with Gasteiger partial charge in [0.25, 0.3) is 0 Å². The molecule has 2 N–H and O–H groups in total. The van der Waals surface area contributed by atoms with E-state index in [1.807, 2.05) is 55.0 Å². The van der Waals surface area contributed by atoms with E-state index < -0.39 is 5.41 Å². The molecule has 0 radical (unpaired) electrons. The Morgan fingerprint density at radius 1 is 0.800 bits per heavy atom. The van der Waals surface area contributed by atoms with Gasteiger partial charge in [0.15, 0.2) is 0 Å². The molecule has 4 rings (SSSR count). The van der Waals surface area contributed by atoms with Gasteiger partial charge in [0.1, 0.15) is 22.9 Å². The largest absolute Gasteiger partial charge is 0.506 e. The fourth-order valence-electron chi connectivity index (χ4n) is 3.19. The Labute approximate surface area is 193 Å². The number of nitrogens with zero attached hydrogens (tertiary/aromatic N) is 4. The van der Waals surface area contributed by atoms with Gasteiger partial charge >= 0.3 is 0 Å². The molecule has 0 amide bonds. The maximum atomic E-state index is 10.3. The number of aromatic nitrogens is 4. The number of hydrogen-bond acceptors (Lipinski definition) is 5. The molecule has 2 aromatic carbocycles. The van der Waals surface area contributed by atoms with Gasteiger partial charge < -0.3 is 10.2 Å². The molecule has 4 aromatic rings. The van der Waals surface area contributed by atoms with Crippen LogP contribution < -0.4 is 0 Å².